The monoisotopic (exact) mass is 242 g/mol. The smallest absolute Gasteiger partial charge is 0.225 e. The van der Waals surface area contributed by atoms with Crippen LogP contribution in [-0.2, 0) is 10.8 Å². The maximum atomic E-state index is 11.2. The van der Waals surface area contributed by atoms with Crippen LogP contribution in [0.5, 0.6) is 5.88 Å². The third-order valence-electron chi connectivity index (χ3n) is 2.42. The van der Waals surface area contributed by atoms with Gasteiger partial charge in [-0.15, -0.1) is 0 Å². The van der Waals surface area contributed by atoms with Crippen molar-refractivity contribution >= 4 is 22.6 Å². The standard InChI is InChI=1S/C9H14N4O2S/c1-15-8-6-7(11-9(10)12-8)13-2-4-16(14)5-3-13/h6H,2-5H2,1H3,(H2,10,11,12). The molecule has 0 saturated carbocycles. The molecule has 0 amide bonds. The highest BCUT2D eigenvalue weighted by Crippen LogP contribution is 2.19. The fourth-order valence-corrected chi connectivity index (χ4v) is 2.62. The summed E-state index contributed by atoms with van der Waals surface area (Å²) in [4.78, 5) is 10.1. The molecule has 0 spiro atoms. The third-order valence-corrected chi connectivity index (χ3v) is 3.69. The number of nitrogen functional groups attached to an aromatic ring is 1. The number of nitrogens with zero attached hydrogens (tertiary/aromatic N) is 3. The molecule has 0 atom stereocenters. The zero-order chi connectivity index (χ0) is 11.5. The Morgan fingerprint density at radius 3 is 2.75 bits per heavy atom. The van der Waals surface area contributed by atoms with E-state index in [1.54, 1.807) is 6.07 Å². The molecule has 2 rings (SSSR count). The molecule has 6 nitrogen and oxygen atoms in total. The highest BCUT2D eigenvalue weighted by molar-refractivity contribution is 7.85. The van der Waals surface area contributed by atoms with E-state index < -0.39 is 10.8 Å². The molecule has 1 fully saturated rings. The molecule has 1 saturated heterocycles. The molecular formula is C9H14N4O2S. The summed E-state index contributed by atoms with van der Waals surface area (Å²) in [6.07, 6.45) is 0. The lowest BCUT2D eigenvalue weighted by atomic mass is 10.4. The van der Waals surface area contributed by atoms with Crippen LogP contribution in [0, 0.1) is 0 Å². The molecule has 2 heterocycles. The maximum Gasteiger partial charge on any atom is 0.225 e. The van der Waals surface area contributed by atoms with E-state index >= 15 is 0 Å². The van der Waals surface area contributed by atoms with Crippen molar-refractivity contribution in [3.8, 4) is 5.88 Å². The molecule has 1 aromatic rings. The van der Waals surface area contributed by atoms with Gasteiger partial charge in [0.05, 0.1) is 7.11 Å². The van der Waals surface area contributed by atoms with Gasteiger partial charge in [0.25, 0.3) is 0 Å². The van der Waals surface area contributed by atoms with E-state index in [4.69, 9.17) is 10.5 Å². The van der Waals surface area contributed by atoms with Crippen molar-refractivity contribution < 1.29 is 8.95 Å². The molecule has 7 heteroatoms. The lowest BCUT2D eigenvalue weighted by Crippen LogP contribution is -2.38. The zero-order valence-corrected chi connectivity index (χ0v) is 9.87. The van der Waals surface area contributed by atoms with Crippen LogP contribution in [0.15, 0.2) is 6.07 Å². The van der Waals surface area contributed by atoms with Crippen molar-refractivity contribution in [3.05, 3.63) is 6.07 Å². The Labute approximate surface area is 96.3 Å². The number of methoxy groups -OCH3 is 1. The lowest BCUT2D eigenvalue weighted by molar-refractivity contribution is 0.397. The predicted molar refractivity (Wildman–Crippen MR) is 63.1 cm³/mol. The minimum Gasteiger partial charge on any atom is -0.481 e. The van der Waals surface area contributed by atoms with E-state index in [0.717, 1.165) is 18.9 Å². The van der Waals surface area contributed by atoms with Gasteiger partial charge in [-0.2, -0.15) is 9.97 Å². The van der Waals surface area contributed by atoms with Crippen LogP contribution in [0.1, 0.15) is 0 Å². The first-order chi connectivity index (χ1) is 7.69. The van der Waals surface area contributed by atoms with Gasteiger partial charge in [0.2, 0.25) is 11.8 Å². The number of aromatic nitrogens is 2. The largest absolute Gasteiger partial charge is 0.481 e. The van der Waals surface area contributed by atoms with E-state index in [9.17, 15) is 4.21 Å². The SMILES string of the molecule is COc1cc(N2CCS(=O)CC2)nc(N)n1. The fourth-order valence-electron chi connectivity index (χ4n) is 1.56. The molecule has 1 aliphatic rings. The van der Waals surface area contributed by atoms with Gasteiger partial charge in [-0.05, 0) is 0 Å². The van der Waals surface area contributed by atoms with E-state index in [2.05, 4.69) is 9.97 Å². The molecule has 88 valence electrons. The van der Waals surface area contributed by atoms with Crippen LogP contribution < -0.4 is 15.4 Å². The first-order valence-electron chi connectivity index (χ1n) is 4.97. The topological polar surface area (TPSA) is 81.3 Å². The van der Waals surface area contributed by atoms with Gasteiger partial charge in [-0.1, -0.05) is 0 Å². The van der Waals surface area contributed by atoms with Crippen molar-refractivity contribution in [2.75, 3.05) is 42.3 Å². The average molecular weight is 242 g/mol. The molecule has 0 radical (unpaired) electrons. The average Bonchev–Trinajstić information content (AvgIpc) is 2.29. The molecule has 0 bridgehead atoms. The minimum absolute atomic E-state index is 0.195. The molecule has 1 aliphatic heterocycles. The Hall–Kier alpha value is -1.37. The van der Waals surface area contributed by atoms with Crippen LogP contribution in [0.2, 0.25) is 0 Å². The Bertz CT molecular complexity index is 402. The molecule has 0 aliphatic carbocycles. The summed E-state index contributed by atoms with van der Waals surface area (Å²) in [6.45, 7) is 1.46. The summed E-state index contributed by atoms with van der Waals surface area (Å²) in [6, 6.07) is 1.74. The van der Waals surface area contributed by atoms with E-state index in [-0.39, 0.29) is 5.95 Å². The van der Waals surface area contributed by atoms with Crippen LogP contribution in [0.3, 0.4) is 0 Å². The van der Waals surface area contributed by atoms with Crippen molar-refractivity contribution in [2.24, 2.45) is 0 Å². The number of hydrogen-bond donors (Lipinski definition) is 1. The highest BCUT2D eigenvalue weighted by Gasteiger charge is 2.17. The highest BCUT2D eigenvalue weighted by atomic mass is 32.2. The van der Waals surface area contributed by atoms with Gasteiger partial charge in [-0.25, -0.2) is 0 Å². The maximum absolute atomic E-state index is 11.2. The number of rotatable bonds is 2. The second kappa shape index (κ2) is 4.65. The molecule has 0 aromatic carbocycles. The summed E-state index contributed by atoms with van der Waals surface area (Å²) in [7, 11) is 0.844. The molecule has 2 N–H and O–H groups in total. The molecule has 16 heavy (non-hydrogen) atoms. The van der Waals surface area contributed by atoms with Gasteiger partial charge < -0.3 is 15.4 Å². The first-order valence-corrected chi connectivity index (χ1v) is 6.46. The minimum atomic E-state index is -0.695. The molecular weight excluding hydrogens is 228 g/mol. The summed E-state index contributed by atoms with van der Waals surface area (Å²) >= 11 is 0. The Balaban J connectivity index is 2.19. The lowest BCUT2D eigenvalue weighted by Gasteiger charge is -2.27. The van der Waals surface area contributed by atoms with Crippen LogP contribution >= 0.6 is 0 Å². The van der Waals surface area contributed by atoms with Crippen LogP contribution in [0.25, 0.3) is 0 Å². The molecule has 0 unspecified atom stereocenters. The quantitative estimate of drug-likeness (QED) is 0.762. The molecule has 1 aromatic heterocycles. The van der Waals surface area contributed by atoms with Crippen molar-refractivity contribution in [1.29, 1.82) is 0 Å². The normalized spacial score (nSPS) is 17.4. The number of nitrogens with two attached hydrogens (primary N) is 1. The number of anilines is 2. The number of hydrogen-bond acceptors (Lipinski definition) is 6. The first kappa shape index (κ1) is 11.1. The van der Waals surface area contributed by atoms with Crippen LogP contribution in [-0.4, -0.2) is 45.9 Å². The third kappa shape index (κ3) is 2.41. The van der Waals surface area contributed by atoms with Gasteiger partial charge in [-0.3, -0.25) is 4.21 Å². The Morgan fingerprint density at radius 2 is 2.12 bits per heavy atom. The van der Waals surface area contributed by atoms with E-state index in [0.29, 0.717) is 17.4 Å². The summed E-state index contributed by atoms with van der Waals surface area (Å²) in [5.74, 6) is 2.73. The van der Waals surface area contributed by atoms with Crippen molar-refractivity contribution in [1.82, 2.24) is 9.97 Å². The number of ether oxygens (including phenoxy) is 1. The van der Waals surface area contributed by atoms with Gasteiger partial charge >= 0.3 is 0 Å². The fraction of sp³-hybridized carbons (Fsp3) is 0.556. The van der Waals surface area contributed by atoms with E-state index in [1.165, 1.54) is 7.11 Å². The summed E-state index contributed by atoms with van der Waals surface area (Å²) in [5.41, 5.74) is 5.58. The van der Waals surface area contributed by atoms with E-state index in [1.807, 2.05) is 4.90 Å². The Kier molecular flexibility index (Phi) is 3.23. The van der Waals surface area contributed by atoms with Gasteiger partial charge in [0, 0.05) is 41.5 Å². The predicted octanol–water partition coefficient (Wildman–Crippen LogP) is -0.364. The van der Waals surface area contributed by atoms with Crippen LogP contribution in [0.4, 0.5) is 11.8 Å². The van der Waals surface area contributed by atoms with Crippen molar-refractivity contribution in [2.45, 2.75) is 0 Å². The van der Waals surface area contributed by atoms with Crippen molar-refractivity contribution in [3.63, 3.8) is 0 Å². The second-order valence-electron chi connectivity index (χ2n) is 3.46. The van der Waals surface area contributed by atoms with Gasteiger partial charge in [0.15, 0.2) is 0 Å². The zero-order valence-electron chi connectivity index (χ0n) is 9.05. The van der Waals surface area contributed by atoms with Gasteiger partial charge in [0.1, 0.15) is 5.82 Å². The second-order valence-corrected chi connectivity index (χ2v) is 5.16. The summed E-state index contributed by atoms with van der Waals surface area (Å²) in [5, 5.41) is 0. The summed E-state index contributed by atoms with van der Waals surface area (Å²) < 4.78 is 16.3. The Morgan fingerprint density at radius 1 is 1.44 bits per heavy atom.